The molecule has 20 heteroatoms. The number of ketones is 3. The molecule has 1 fully saturated rings. The third-order valence-electron chi connectivity index (χ3n) is 18.1. The topological polar surface area (TPSA) is 247 Å². The maximum Gasteiger partial charge on any atom is 0.258 e. The fourth-order valence-corrected chi connectivity index (χ4v) is 12.0. The standard InChI is InChI=1S/C23H21FN2O2.C23H29N3O3.C23H22N2O3.C22H20N2O2/c24-20-14-6-4-12-18(20)23(28)26-21-15-7-5-13-19(21)22(27)25-16-8-11-17-9-2-1-3-10-17;1-25-13-15-26(16-14-25)12-6-11-22(27)20-9-3-4-10-21(20)24-23(28)18-7-5-8-19(17-18)29-2;1-28-19-12-10-18(11-13-19)23(27)25-21-16-24-15-14-20(21)22(26)9-5-8-17-6-3-2-4-7-17;25-21(14-6-10-17-8-2-1-3-9-17)19-12-4-5-13-20(19)24-22(26)18-11-7-15-23-16-18/h1-7,9-10,12-15H,8,11,16H2,(H,25,27)(H,26,28);3-5,7-10,17H,6,11-16H2,1-2H3,(H,24,28);2-4,6-7,10-16H,5,8-9H2,1H3,(H,25,27);1-5,7-9,11-13,15-16H,6,10,14H2,(H,24,26). The quantitative estimate of drug-likeness (QED) is 0.0208. The lowest BCUT2D eigenvalue weighted by Crippen LogP contribution is -2.44. The number of amides is 5. The van der Waals surface area contributed by atoms with E-state index in [1.807, 2.05) is 72.8 Å². The van der Waals surface area contributed by atoms with E-state index in [1.54, 1.807) is 154 Å². The summed E-state index contributed by atoms with van der Waals surface area (Å²) in [6.07, 6.45) is 13.2. The third-order valence-corrected chi connectivity index (χ3v) is 18.1. The van der Waals surface area contributed by atoms with Crippen LogP contribution >= 0.6 is 0 Å². The van der Waals surface area contributed by atoms with Gasteiger partial charge in [-0.25, -0.2) is 4.39 Å². The highest BCUT2D eigenvalue weighted by Crippen LogP contribution is 2.25. The Bertz CT molecular complexity index is 4840. The molecule has 12 rings (SSSR count). The first-order valence-corrected chi connectivity index (χ1v) is 36.9. The number of likely N-dealkylation sites (N-methyl/N-ethyl adjacent to an activating group) is 1. The molecular weight excluding hydrogens is 1400 g/mol. The second-order valence-corrected chi connectivity index (χ2v) is 26.1. The fraction of sp³-hybridized carbons (Fsp3) is 0.209. The Morgan fingerprint density at radius 1 is 0.369 bits per heavy atom. The third kappa shape index (κ3) is 26.8. The van der Waals surface area contributed by atoms with E-state index < -0.39 is 11.7 Å². The molecule has 0 aliphatic carbocycles. The smallest absolute Gasteiger partial charge is 0.258 e. The second-order valence-electron chi connectivity index (χ2n) is 26.1. The van der Waals surface area contributed by atoms with E-state index in [0.29, 0.717) is 99.0 Å². The number of anilines is 4. The van der Waals surface area contributed by atoms with Gasteiger partial charge in [-0.3, -0.25) is 48.3 Å². The number of carbonyl (C=O) groups excluding carboxylic acids is 8. The van der Waals surface area contributed by atoms with Crippen LogP contribution in [0.4, 0.5) is 27.1 Å². The van der Waals surface area contributed by atoms with Crippen LogP contribution in [0.5, 0.6) is 11.5 Å². The first-order valence-electron chi connectivity index (χ1n) is 36.9. The van der Waals surface area contributed by atoms with Crippen LogP contribution in [0.25, 0.3) is 0 Å². The van der Waals surface area contributed by atoms with Gasteiger partial charge in [0.05, 0.1) is 59.9 Å². The van der Waals surface area contributed by atoms with Gasteiger partial charge >= 0.3 is 0 Å². The van der Waals surface area contributed by atoms with Gasteiger partial charge in [-0.15, -0.1) is 0 Å². The van der Waals surface area contributed by atoms with Gasteiger partial charge in [0.2, 0.25) is 0 Å². The molecule has 0 saturated carbocycles. The monoisotopic (exact) mass is 1490 g/mol. The Labute approximate surface area is 647 Å². The number of para-hydroxylation sites is 3. The van der Waals surface area contributed by atoms with Gasteiger partial charge in [0, 0.05) is 98.4 Å². The largest absolute Gasteiger partial charge is 0.497 e. The van der Waals surface area contributed by atoms with Gasteiger partial charge in [-0.05, 0) is 184 Å². The number of nitrogens with one attached hydrogen (secondary N) is 5. The van der Waals surface area contributed by atoms with Crippen LogP contribution in [0.1, 0.15) is 145 Å². The highest BCUT2D eigenvalue weighted by Gasteiger charge is 2.21. The molecule has 11 aromatic rings. The van der Waals surface area contributed by atoms with E-state index in [-0.39, 0.29) is 46.5 Å². The summed E-state index contributed by atoms with van der Waals surface area (Å²) in [6.45, 7) is 5.71. The van der Waals surface area contributed by atoms with Crippen LogP contribution < -0.4 is 36.1 Å². The molecular formula is C91H92FN9O10. The van der Waals surface area contributed by atoms with Gasteiger partial charge < -0.3 is 45.9 Å². The van der Waals surface area contributed by atoms with Crippen molar-refractivity contribution in [1.29, 1.82) is 0 Å². The molecule has 0 unspecified atom stereocenters. The van der Waals surface area contributed by atoms with Crippen LogP contribution in [-0.4, -0.2) is 127 Å². The molecule has 568 valence electrons. The van der Waals surface area contributed by atoms with Crippen LogP contribution in [0.2, 0.25) is 0 Å². The predicted octanol–water partition coefficient (Wildman–Crippen LogP) is 16.7. The summed E-state index contributed by atoms with van der Waals surface area (Å²) in [5, 5.41) is 14.0. The number of rotatable bonds is 30. The van der Waals surface area contributed by atoms with E-state index >= 15 is 0 Å². The Hall–Kier alpha value is -12.9. The maximum atomic E-state index is 13.8. The minimum atomic E-state index is -0.608. The van der Waals surface area contributed by atoms with E-state index in [2.05, 4.69) is 89.8 Å². The molecule has 5 amide bonds. The highest BCUT2D eigenvalue weighted by atomic mass is 19.1. The van der Waals surface area contributed by atoms with Crippen molar-refractivity contribution in [2.75, 3.05) is 81.8 Å². The van der Waals surface area contributed by atoms with Crippen LogP contribution in [0.3, 0.4) is 0 Å². The Kier molecular flexibility index (Phi) is 32.9. The summed E-state index contributed by atoms with van der Waals surface area (Å²) in [5.41, 5.74) is 8.76. The van der Waals surface area contributed by atoms with Crippen molar-refractivity contribution in [3.8, 4) is 11.5 Å². The summed E-state index contributed by atoms with van der Waals surface area (Å²) in [6, 6.07) is 75.7. The average Bonchev–Trinajstić information content (AvgIpc) is 0.844. The van der Waals surface area contributed by atoms with Gasteiger partial charge in [0.1, 0.15) is 17.3 Å². The number of hydrogen-bond donors (Lipinski definition) is 5. The number of methoxy groups -OCH3 is 2. The number of hydrogen-bond acceptors (Lipinski definition) is 14. The number of Topliss-reactive ketones (excluding diaryl/α,β-unsaturated/α-hetero) is 3. The first-order chi connectivity index (χ1) is 54.1. The van der Waals surface area contributed by atoms with Crippen LogP contribution in [0.15, 0.2) is 280 Å². The summed E-state index contributed by atoms with van der Waals surface area (Å²) < 4.78 is 24.1. The Balaban J connectivity index is 0.000000170. The molecule has 3 heterocycles. The number of benzene rings is 9. The number of carbonyl (C=O) groups is 8. The molecule has 9 aromatic carbocycles. The van der Waals surface area contributed by atoms with E-state index in [1.165, 1.54) is 47.3 Å². The summed E-state index contributed by atoms with van der Waals surface area (Å²) >= 11 is 0. The van der Waals surface area contributed by atoms with Gasteiger partial charge in [0.15, 0.2) is 17.3 Å². The number of nitrogens with zero attached hydrogens (tertiary/aromatic N) is 4. The second kappa shape index (κ2) is 44.4. The van der Waals surface area contributed by atoms with Crippen molar-refractivity contribution in [2.24, 2.45) is 0 Å². The van der Waals surface area contributed by atoms with Gasteiger partial charge in [-0.2, -0.15) is 0 Å². The highest BCUT2D eigenvalue weighted by molar-refractivity contribution is 6.12. The normalized spacial score (nSPS) is 11.6. The van der Waals surface area contributed by atoms with Crippen molar-refractivity contribution in [2.45, 2.75) is 64.2 Å². The maximum absolute atomic E-state index is 13.8. The molecule has 0 bridgehead atoms. The fourth-order valence-electron chi connectivity index (χ4n) is 12.0. The number of ether oxygens (including phenoxy) is 2. The molecule has 1 saturated heterocycles. The van der Waals surface area contributed by atoms with Gasteiger partial charge in [-0.1, -0.05) is 146 Å². The minimum absolute atomic E-state index is 0.0108. The zero-order chi connectivity index (χ0) is 78.4. The lowest BCUT2D eigenvalue weighted by atomic mass is 10.0. The number of piperazine rings is 1. The Morgan fingerprint density at radius 2 is 0.811 bits per heavy atom. The number of halogens is 1. The minimum Gasteiger partial charge on any atom is -0.497 e. The molecule has 0 atom stereocenters. The molecule has 111 heavy (non-hydrogen) atoms. The summed E-state index contributed by atoms with van der Waals surface area (Å²) in [4.78, 5) is 113. The molecule has 0 radical (unpaired) electrons. The number of pyridine rings is 2. The van der Waals surface area contributed by atoms with Crippen molar-refractivity contribution in [3.05, 3.63) is 347 Å². The van der Waals surface area contributed by atoms with Crippen molar-refractivity contribution in [3.63, 3.8) is 0 Å². The van der Waals surface area contributed by atoms with Crippen LogP contribution in [0, 0.1) is 5.82 Å². The predicted molar refractivity (Wildman–Crippen MR) is 434 cm³/mol. The Morgan fingerprint density at radius 3 is 1.35 bits per heavy atom. The van der Waals surface area contributed by atoms with Crippen molar-refractivity contribution >= 4 is 69.6 Å². The van der Waals surface area contributed by atoms with E-state index in [0.717, 1.165) is 77.7 Å². The van der Waals surface area contributed by atoms with Crippen molar-refractivity contribution in [1.82, 2.24) is 25.1 Å². The lowest BCUT2D eigenvalue weighted by molar-refractivity contribution is 0.0948. The number of aryl methyl sites for hydroxylation is 3. The molecule has 19 nitrogen and oxygen atoms in total. The zero-order valence-corrected chi connectivity index (χ0v) is 62.6. The first kappa shape index (κ1) is 82.2. The van der Waals surface area contributed by atoms with Crippen LogP contribution in [-0.2, 0) is 19.3 Å². The van der Waals surface area contributed by atoms with E-state index in [9.17, 15) is 42.7 Å². The zero-order valence-electron chi connectivity index (χ0n) is 62.6. The van der Waals surface area contributed by atoms with Crippen molar-refractivity contribution < 1.29 is 52.2 Å². The average molecular weight is 1490 g/mol. The van der Waals surface area contributed by atoms with E-state index in [4.69, 9.17) is 9.47 Å². The molecule has 5 N–H and O–H groups in total. The lowest BCUT2D eigenvalue weighted by Gasteiger charge is -2.32. The molecule has 2 aromatic heterocycles. The van der Waals surface area contributed by atoms with Gasteiger partial charge in [0.25, 0.3) is 29.5 Å². The summed E-state index contributed by atoms with van der Waals surface area (Å²) in [7, 11) is 5.27. The molecule has 0 spiro atoms. The molecule has 1 aliphatic heterocycles. The molecule has 1 aliphatic rings. The SMILES string of the molecule is COc1ccc(C(=O)Nc2cnccc2C(=O)CCCc2ccccc2)cc1.COc1cccc(C(=O)Nc2ccccc2C(=O)CCCN2CCN(C)CC2)c1.O=C(Nc1ccccc1C(=O)CCCc1ccccc1)c1cccnc1.O=C(Nc1ccccc1C(=O)NCCCc1ccccc1)c1ccccc1F. The summed E-state index contributed by atoms with van der Waals surface area (Å²) in [5.74, 6) is -0.953. The number of aromatic nitrogens is 2.